The van der Waals surface area contributed by atoms with Crippen LogP contribution in [0.25, 0.3) is 0 Å². The topological polar surface area (TPSA) is 54.5 Å². The van der Waals surface area contributed by atoms with Gasteiger partial charge in [-0.05, 0) is 30.9 Å². The number of methoxy groups -OCH3 is 1. The minimum atomic E-state index is -0.0304. The number of anilines is 1. The van der Waals surface area contributed by atoms with E-state index in [2.05, 4.69) is 21.3 Å². The number of amides is 1. The molecule has 0 atom stereocenters. The van der Waals surface area contributed by atoms with Gasteiger partial charge in [-0.25, -0.2) is 0 Å². The summed E-state index contributed by atoms with van der Waals surface area (Å²) in [6.07, 6.45) is 5.90. The molecule has 2 rings (SSSR count). The first kappa shape index (κ1) is 13.8. The average molecular weight is 263 g/mol. The Balaban J connectivity index is 1.72. The summed E-state index contributed by atoms with van der Waals surface area (Å²) >= 11 is 0. The lowest BCUT2D eigenvalue weighted by Gasteiger charge is -2.33. The van der Waals surface area contributed by atoms with Crippen LogP contribution in [-0.2, 0) is 9.53 Å². The van der Waals surface area contributed by atoms with Gasteiger partial charge in [0.05, 0.1) is 11.9 Å². The number of pyridine rings is 1. The van der Waals surface area contributed by atoms with E-state index in [1.54, 1.807) is 6.20 Å². The summed E-state index contributed by atoms with van der Waals surface area (Å²) in [5.74, 6) is 0.533. The van der Waals surface area contributed by atoms with E-state index in [1.807, 2.05) is 12.3 Å². The van der Waals surface area contributed by atoms with E-state index in [0.717, 1.165) is 32.5 Å². The zero-order valence-corrected chi connectivity index (χ0v) is 11.3. The number of ether oxygens (including phenoxy) is 1. The molecule has 0 spiro atoms. The first-order valence-corrected chi connectivity index (χ1v) is 6.70. The Labute approximate surface area is 114 Å². The van der Waals surface area contributed by atoms with Crippen LogP contribution < -0.4 is 10.2 Å². The lowest BCUT2D eigenvalue weighted by Crippen LogP contribution is -2.39. The van der Waals surface area contributed by atoms with Gasteiger partial charge in [0.25, 0.3) is 0 Å². The number of rotatable bonds is 5. The summed E-state index contributed by atoms with van der Waals surface area (Å²) in [6, 6.07) is 4.06. The van der Waals surface area contributed by atoms with Crippen LogP contribution >= 0.6 is 0 Å². The SMILES string of the molecule is COCC(=O)NCC1CCN(c2cccnc2)CC1. The Morgan fingerprint density at radius 2 is 2.32 bits per heavy atom. The van der Waals surface area contributed by atoms with E-state index in [0.29, 0.717) is 5.92 Å². The number of carbonyl (C=O) groups is 1. The fraction of sp³-hybridized carbons (Fsp3) is 0.571. The number of nitrogens with one attached hydrogen (secondary N) is 1. The Kier molecular flexibility index (Phi) is 5.15. The quantitative estimate of drug-likeness (QED) is 0.863. The molecule has 1 aromatic heterocycles. The molecule has 19 heavy (non-hydrogen) atoms. The standard InChI is InChI=1S/C14H21N3O2/c1-19-11-14(18)16-9-12-4-7-17(8-5-12)13-3-2-6-15-10-13/h2-3,6,10,12H,4-5,7-9,11H2,1H3,(H,16,18). The molecule has 1 aliphatic rings. The molecule has 1 fully saturated rings. The first-order valence-electron chi connectivity index (χ1n) is 6.70. The van der Waals surface area contributed by atoms with Crippen molar-refractivity contribution in [3.63, 3.8) is 0 Å². The molecule has 1 N–H and O–H groups in total. The summed E-state index contributed by atoms with van der Waals surface area (Å²) in [6.45, 7) is 2.95. The molecule has 104 valence electrons. The van der Waals surface area contributed by atoms with Crippen LogP contribution in [0.4, 0.5) is 5.69 Å². The van der Waals surface area contributed by atoms with Crippen LogP contribution in [0.2, 0.25) is 0 Å². The third-order valence-corrected chi connectivity index (χ3v) is 3.49. The molecule has 0 bridgehead atoms. The van der Waals surface area contributed by atoms with Gasteiger partial charge in [-0.2, -0.15) is 0 Å². The Morgan fingerprint density at radius 3 is 2.95 bits per heavy atom. The van der Waals surface area contributed by atoms with Crippen LogP contribution in [-0.4, -0.2) is 44.2 Å². The lowest BCUT2D eigenvalue weighted by molar-refractivity contribution is -0.124. The van der Waals surface area contributed by atoms with Gasteiger partial charge < -0.3 is 15.0 Å². The van der Waals surface area contributed by atoms with Crippen molar-refractivity contribution in [3.8, 4) is 0 Å². The molecule has 0 radical (unpaired) electrons. The van der Waals surface area contributed by atoms with Crippen LogP contribution in [0.15, 0.2) is 24.5 Å². The van der Waals surface area contributed by atoms with Crippen molar-refractivity contribution in [1.82, 2.24) is 10.3 Å². The predicted octanol–water partition coefficient (Wildman–Crippen LogP) is 1.06. The molecule has 0 unspecified atom stereocenters. The van der Waals surface area contributed by atoms with E-state index in [9.17, 15) is 4.79 Å². The van der Waals surface area contributed by atoms with Gasteiger partial charge in [0.1, 0.15) is 6.61 Å². The third-order valence-electron chi connectivity index (χ3n) is 3.49. The second kappa shape index (κ2) is 7.09. The highest BCUT2D eigenvalue weighted by molar-refractivity contribution is 5.77. The van der Waals surface area contributed by atoms with E-state index in [-0.39, 0.29) is 12.5 Å². The predicted molar refractivity (Wildman–Crippen MR) is 74.1 cm³/mol. The Morgan fingerprint density at radius 1 is 1.53 bits per heavy atom. The molecule has 1 amide bonds. The Hall–Kier alpha value is -1.62. The molecule has 0 aromatic carbocycles. The Bertz CT molecular complexity index is 389. The molecule has 1 aliphatic heterocycles. The van der Waals surface area contributed by atoms with E-state index in [4.69, 9.17) is 4.74 Å². The van der Waals surface area contributed by atoms with E-state index >= 15 is 0 Å². The number of hydrogen-bond acceptors (Lipinski definition) is 4. The summed E-state index contributed by atoms with van der Waals surface area (Å²) in [7, 11) is 1.53. The highest BCUT2D eigenvalue weighted by Crippen LogP contribution is 2.21. The largest absolute Gasteiger partial charge is 0.375 e. The molecule has 5 heteroatoms. The molecular formula is C14H21N3O2. The van der Waals surface area contributed by atoms with E-state index < -0.39 is 0 Å². The molecular weight excluding hydrogens is 242 g/mol. The number of piperidine rings is 1. The first-order chi connectivity index (χ1) is 9.29. The zero-order chi connectivity index (χ0) is 13.5. The van der Waals surface area contributed by atoms with Gasteiger partial charge in [0, 0.05) is 32.9 Å². The number of carbonyl (C=O) groups excluding carboxylic acids is 1. The smallest absolute Gasteiger partial charge is 0.245 e. The fourth-order valence-electron chi connectivity index (χ4n) is 2.38. The second-order valence-corrected chi connectivity index (χ2v) is 4.88. The summed E-state index contributed by atoms with van der Waals surface area (Å²) in [4.78, 5) is 17.8. The molecule has 1 saturated heterocycles. The van der Waals surface area contributed by atoms with Crippen LogP contribution in [0, 0.1) is 5.92 Å². The lowest BCUT2D eigenvalue weighted by atomic mass is 9.96. The van der Waals surface area contributed by atoms with Crippen LogP contribution in [0.1, 0.15) is 12.8 Å². The zero-order valence-electron chi connectivity index (χ0n) is 11.3. The van der Waals surface area contributed by atoms with Gasteiger partial charge >= 0.3 is 0 Å². The summed E-state index contributed by atoms with van der Waals surface area (Å²) in [5, 5.41) is 2.91. The van der Waals surface area contributed by atoms with Gasteiger partial charge in [0.15, 0.2) is 0 Å². The van der Waals surface area contributed by atoms with Crippen molar-refractivity contribution >= 4 is 11.6 Å². The third kappa shape index (κ3) is 4.21. The number of nitrogens with zero attached hydrogens (tertiary/aromatic N) is 2. The van der Waals surface area contributed by atoms with Crippen molar-refractivity contribution in [2.75, 3.05) is 38.3 Å². The van der Waals surface area contributed by atoms with Crippen molar-refractivity contribution in [1.29, 1.82) is 0 Å². The summed E-state index contributed by atoms with van der Waals surface area (Å²) < 4.78 is 4.79. The normalized spacial score (nSPS) is 16.4. The molecule has 5 nitrogen and oxygen atoms in total. The minimum absolute atomic E-state index is 0.0304. The van der Waals surface area contributed by atoms with Gasteiger partial charge in [-0.15, -0.1) is 0 Å². The average Bonchev–Trinajstić information content (AvgIpc) is 2.47. The van der Waals surface area contributed by atoms with Crippen LogP contribution in [0.3, 0.4) is 0 Å². The van der Waals surface area contributed by atoms with Crippen LogP contribution in [0.5, 0.6) is 0 Å². The molecule has 2 heterocycles. The highest BCUT2D eigenvalue weighted by atomic mass is 16.5. The van der Waals surface area contributed by atoms with E-state index in [1.165, 1.54) is 12.8 Å². The van der Waals surface area contributed by atoms with Gasteiger partial charge in [-0.1, -0.05) is 0 Å². The maximum atomic E-state index is 11.3. The van der Waals surface area contributed by atoms with Gasteiger partial charge in [-0.3, -0.25) is 9.78 Å². The molecule has 0 aliphatic carbocycles. The monoisotopic (exact) mass is 263 g/mol. The fourth-order valence-corrected chi connectivity index (χ4v) is 2.38. The van der Waals surface area contributed by atoms with Gasteiger partial charge in [0.2, 0.25) is 5.91 Å². The van der Waals surface area contributed by atoms with Crippen molar-refractivity contribution < 1.29 is 9.53 Å². The second-order valence-electron chi connectivity index (χ2n) is 4.88. The summed E-state index contributed by atoms with van der Waals surface area (Å²) in [5.41, 5.74) is 1.18. The molecule has 1 aromatic rings. The maximum Gasteiger partial charge on any atom is 0.245 e. The number of aromatic nitrogens is 1. The molecule has 0 saturated carbocycles. The maximum absolute atomic E-state index is 11.3. The number of hydrogen-bond donors (Lipinski definition) is 1. The van der Waals surface area contributed by atoms with Crippen molar-refractivity contribution in [3.05, 3.63) is 24.5 Å². The van der Waals surface area contributed by atoms with Crippen molar-refractivity contribution in [2.45, 2.75) is 12.8 Å². The minimum Gasteiger partial charge on any atom is -0.375 e. The van der Waals surface area contributed by atoms with Crippen molar-refractivity contribution in [2.24, 2.45) is 5.92 Å². The highest BCUT2D eigenvalue weighted by Gasteiger charge is 2.19.